The number of esters is 1. The number of rotatable bonds is 5. The van der Waals surface area contributed by atoms with E-state index in [1.165, 1.54) is 31.2 Å². The van der Waals surface area contributed by atoms with Gasteiger partial charge in [-0.3, -0.25) is 14.9 Å². The minimum Gasteiger partial charge on any atom is -0.449 e. The van der Waals surface area contributed by atoms with Crippen LogP contribution in [0.5, 0.6) is 0 Å². The summed E-state index contributed by atoms with van der Waals surface area (Å²) in [5, 5.41) is 14.0. The van der Waals surface area contributed by atoms with Crippen LogP contribution in [0.4, 0.5) is 11.4 Å². The Kier molecular flexibility index (Phi) is 5.71. The van der Waals surface area contributed by atoms with Crippen LogP contribution in [0.25, 0.3) is 0 Å². The maximum Gasteiger partial charge on any atom is 0.345 e. The van der Waals surface area contributed by atoms with Crippen molar-refractivity contribution in [1.29, 1.82) is 0 Å². The zero-order valence-electron chi connectivity index (χ0n) is 13.5. The van der Waals surface area contributed by atoms with Gasteiger partial charge in [-0.25, -0.2) is 4.79 Å². The molecule has 2 aromatic carbocycles. The molecule has 130 valence electrons. The largest absolute Gasteiger partial charge is 0.449 e. The van der Waals surface area contributed by atoms with Gasteiger partial charge < -0.3 is 10.1 Å². The Morgan fingerprint density at radius 3 is 2.60 bits per heavy atom. The number of para-hydroxylation sites is 1. The second kappa shape index (κ2) is 7.76. The molecule has 7 nitrogen and oxygen atoms in total. The van der Waals surface area contributed by atoms with Gasteiger partial charge in [0.25, 0.3) is 11.6 Å². The first-order valence-corrected chi connectivity index (χ1v) is 7.69. The SMILES string of the molecule is Cc1ccc(Cl)cc1NC(=O)C(C)OC(=O)c1ccccc1[N+](=O)[O-]. The van der Waals surface area contributed by atoms with E-state index in [0.717, 1.165) is 5.56 Å². The predicted molar refractivity (Wildman–Crippen MR) is 92.8 cm³/mol. The molecule has 0 radical (unpaired) electrons. The van der Waals surface area contributed by atoms with Gasteiger partial charge in [0.15, 0.2) is 6.10 Å². The van der Waals surface area contributed by atoms with Crippen molar-refractivity contribution in [1.82, 2.24) is 0 Å². The van der Waals surface area contributed by atoms with Crippen LogP contribution in [0.15, 0.2) is 42.5 Å². The van der Waals surface area contributed by atoms with Crippen LogP contribution in [0.1, 0.15) is 22.8 Å². The highest BCUT2D eigenvalue weighted by Gasteiger charge is 2.25. The number of hydrogen-bond donors (Lipinski definition) is 1. The van der Waals surface area contributed by atoms with Crippen LogP contribution in [-0.2, 0) is 9.53 Å². The normalized spacial score (nSPS) is 11.5. The topological polar surface area (TPSA) is 98.5 Å². The summed E-state index contributed by atoms with van der Waals surface area (Å²) in [4.78, 5) is 34.6. The molecule has 1 atom stereocenters. The van der Waals surface area contributed by atoms with Crippen LogP contribution in [0, 0.1) is 17.0 Å². The standard InChI is InChI=1S/C17H15ClN2O5/c1-10-7-8-12(18)9-14(10)19-16(21)11(2)25-17(22)13-5-3-4-6-15(13)20(23)24/h3-9,11H,1-2H3,(H,19,21). The summed E-state index contributed by atoms with van der Waals surface area (Å²) in [6.07, 6.45) is -1.15. The molecule has 0 aliphatic carbocycles. The number of anilines is 1. The number of hydrogen-bond acceptors (Lipinski definition) is 5. The number of amides is 1. The second-order valence-electron chi connectivity index (χ2n) is 5.27. The van der Waals surface area contributed by atoms with Crippen molar-refractivity contribution < 1.29 is 19.2 Å². The van der Waals surface area contributed by atoms with Crippen LogP contribution >= 0.6 is 11.6 Å². The average molecular weight is 363 g/mol. The van der Waals surface area contributed by atoms with E-state index >= 15 is 0 Å². The number of halogens is 1. The van der Waals surface area contributed by atoms with E-state index in [2.05, 4.69) is 5.32 Å². The Morgan fingerprint density at radius 1 is 1.24 bits per heavy atom. The zero-order chi connectivity index (χ0) is 18.6. The van der Waals surface area contributed by atoms with Gasteiger partial charge in [0.05, 0.1) is 4.92 Å². The fraction of sp³-hybridized carbons (Fsp3) is 0.176. The van der Waals surface area contributed by atoms with E-state index in [1.54, 1.807) is 25.1 Å². The van der Waals surface area contributed by atoms with Crippen molar-refractivity contribution in [3.8, 4) is 0 Å². The molecule has 1 unspecified atom stereocenters. The highest BCUT2D eigenvalue weighted by Crippen LogP contribution is 2.22. The van der Waals surface area contributed by atoms with Crippen molar-refractivity contribution in [3.05, 3.63) is 68.7 Å². The average Bonchev–Trinajstić information content (AvgIpc) is 2.57. The Hall–Kier alpha value is -2.93. The molecule has 0 saturated heterocycles. The smallest absolute Gasteiger partial charge is 0.345 e. The second-order valence-corrected chi connectivity index (χ2v) is 5.71. The van der Waals surface area contributed by atoms with Gasteiger partial charge in [-0.1, -0.05) is 29.8 Å². The molecule has 25 heavy (non-hydrogen) atoms. The lowest BCUT2D eigenvalue weighted by Crippen LogP contribution is -2.30. The highest BCUT2D eigenvalue weighted by atomic mass is 35.5. The third-order valence-electron chi connectivity index (χ3n) is 3.43. The molecule has 1 amide bonds. The first-order chi connectivity index (χ1) is 11.8. The molecule has 0 fully saturated rings. The number of nitrogens with zero attached hydrogens (tertiary/aromatic N) is 1. The van der Waals surface area contributed by atoms with Gasteiger partial charge in [-0.05, 0) is 37.6 Å². The molecular weight excluding hydrogens is 348 g/mol. The molecule has 0 spiro atoms. The Bertz CT molecular complexity index is 838. The van der Waals surface area contributed by atoms with Gasteiger partial charge in [-0.15, -0.1) is 0 Å². The molecule has 0 aliphatic heterocycles. The van der Waals surface area contributed by atoms with E-state index in [9.17, 15) is 19.7 Å². The minimum absolute atomic E-state index is 0.217. The predicted octanol–water partition coefficient (Wildman–Crippen LogP) is 3.74. The first kappa shape index (κ1) is 18.4. The van der Waals surface area contributed by atoms with Crippen molar-refractivity contribution in [2.45, 2.75) is 20.0 Å². The fourth-order valence-electron chi connectivity index (χ4n) is 2.05. The molecule has 1 N–H and O–H groups in total. The van der Waals surface area contributed by atoms with Crippen LogP contribution in [-0.4, -0.2) is 22.9 Å². The number of nitro groups is 1. The van der Waals surface area contributed by atoms with Crippen LogP contribution in [0.3, 0.4) is 0 Å². The molecular formula is C17H15ClN2O5. The van der Waals surface area contributed by atoms with Gasteiger partial charge in [0, 0.05) is 16.8 Å². The maximum atomic E-state index is 12.2. The molecule has 0 aromatic heterocycles. The van der Waals surface area contributed by atoms with E-state index < -0.39 is 22.9 Å². The first-order valence-electron chi connectivity index (χ1n) is 7.31. The summed E-state index contributed by atoms with van der Waals surface area (Å²) in [6.45, 7) is 3.16. The lowest BCUT2D eigenvalue weighted by molar-refractivity contribution is -0.385. The van der Waals surface area contributed by atoms with E-state index in [1.807, 2.05) is 0 Å². The Labute approximate surface area is 148 Å². The van der Waals surface area contributed by atoms with E-state index in [4.69, 9.17) is 16.3 Å². The molecule has 0 aliphatic rings. The summed E-state index contributed by atoms with van der Waals surface area (Å²) in [7, 11) is 0. The molecule has 2 aromatic rings. The van der Waals surface area contributed by atoms with Crippen LogP contribution < -0.4 is 5.32 Å². The number of carbonyl (C=O) groups is 2. The molecule has 8 heteroatoms. The van der Waals surface area contributed by atoms with Gasteiger partial charge in [0.1, 0.15) is 5.56 Å². The summed E-state index contributed by atoms with van der Waals surface area (Å²) in [5.74, 6) is -1.52. The number of benzene rings is 2. The number of nitrogens with one attached hydrogen (secondary N) is 1. The number of carbonyl (C=O) groups excluding carboxylic acids is 2. The van der Waals surface area contributed by atoms with Crippen molar-refractivity contribution in [2.24, 2.45) is 0 Å². The summed E-state index contributed by atoms with van der Waals surface area (Å²) in [5.41, 5.74) is 0.679. The molecule has 0 heterocycles. The quantitative estimate of drug-likeness (QED) is 0.496. The number of nitro benzene ring substituents is 1. The number of aryl methyl sites for hydroxylation is 1. The monoisotopic (exact) mass is 362 g/mol. The minimum atomic E-state index is -1.15. The fourth-order valence-corrected chi connectivity index (χ4v) is 2.22. The summed E-state index contributed by atoms with van der Waals surface area (Å²) in [6, 6.07) is 10.4. The summed E-state index contributed by atoms with van der Waals surface area (Å²) >= 11 is 5.89. The lowest BCUT2D eigenvalue weighted by Gasteiger charge is -2.15. The molecule has 0 bridgehead atoms. The van der Waals surface area contributed by atoms with Crippen molar-refractivity contribution in [2.75, 3.05) is 5.32 Å². The third kappa shape index (κ3) is 4.54. The maximum absolute atomic E-state index is 12.2. The van der Waals surface area contributed by atoms with E-state index in [0.29, 0.717) is 10.7 Å². The number of ether oxygens (including phenoxy) is 1. The summed E-state index contributed by atoms with van der Waals surface area (Å²) < 4.78 is 5.04. The Morgan fingerprint density at radius 2 is 1.92 bits per heavy atom. The molecule has 2 rings (SSSR count). The highest BCUT2D eigenvalue weighted by molar-refractivity contribution is 6.31. The van der Waals surface area contributed by atoms with E-state index in [-0.39, 0.29) is 11.3 Å². The molecule has 0 saturated carbocycles. The third-order valence-corrected chi connectivity index (χ3v) is 3.67. The zero-order valence-corrected chi connectivity index (χ0v) is 14.2. The van der Waals surface area contributed by atoms with Gasteiger partial charge >= 0.3 is 5.97 Å². The van der Waals surface area contributed by atoms with Gasteiger partial charge in [0.2, 0.25) is 0 Å². The van der Waals surface area contributed by atoms with Crippen molar-refractivity contribution in [3.63, 3.8) is 0 Å². The van der Waals surface area contributed by atoms with Crippen LogP contribution in [0.2, 0.25) is 5.02 Å². The lowest BCUT2D eigenvalue weighted by atomic mass is 10.2. The Balaban J connectivity index is 2.10. The van der Waals surface area contributed by atoms with Crippen molar-refractivity contribution >= 4 is 34.9 Å². The van der Waals surface area contributed by atoms with Gasteiger partial charge in [-0.2, -0.15) is 0 Å².